The van der Waals surface area contributed by atoms with Crippen LogP contribution in [0.1, 0.15) is 51.9 Å². The van der Waals surface area contributed by atoms with Crippen molar-refractivity contribution in [3.63, 3.8) is 0 Å². The average Bonchev–Trinajstić information content (AvgIpc) is 2.60. The largest absolute Gasteiger partial charge is 0.388 e. The van der Waals surface area contributed by atoms with Crippen molar-refractivity contribution in [1.82, 2.24) is 15.5 Å². The molecule has 0 radical (unpaired) electrons. The van der Waals surface area contributed by atoms with Gasteiger partial charge in [0.1, 0.15) is 0 Å². The summed E-state index contributed by atoms with van der Waals surface area (Å²) in [6.07, 6.45) is 7.50. The third-order valence-electron chi connectivity index (χ3n) is 5.20. The molecule has 6 nitrogen and oxygen atoms in total. The Morgan fingerprint density at radius 2 is 1.92 bits per heavy atom. The number of hydrogen-bond donors (Lipinski definition) is 3. The van der Waals surface area contributed by atoms with Crippen LogP contribution in [-0.2, 0) is 4.74 Å². The van der Waals surface area contributed by atoms with Gasteiger partial charge < -0.3 is 25.4 Å². The zero-order valence-corrected chi connectivity index (χ0v) is 18.3. The second-order valence-corrected chi connectivity index (χ2v) is 7.23. The van der Waals surface area contributed by atoms with Gasteiger partial charge in [-0.2, -0.15) is 0 Å². The Morgan fingerprint density at radius 1 is 1.24 bits per heavy atom. The highest BCUT2D eigenvalue weighted by molar-refractivity contribution is 14.0. The maximum absolute atomic E-state index is 10.6. The highest BCUT2D eigenvalue weighted by Gasteiger charge is 2.29. The second kappa shape index (κ2) is 12.3. The van der Waals surface area contributed by atoms with Crippen molar-refractivity contribution < 1.29 is 9.84 Å². The second-order valence-electron chi connectivity index (χ2n) is 7.23. The molecular formula is C18H37IN4O2. The van der Waals surface area contributed by atoms with Crippen molar-refractivity contribution in [3.8, 4) is 0 Å². The average molecular weight is 468 g/mol. The van der Waals surface area contributed by atoms with Gasteiger partial charge in [-0.1, -0.05) is 19.3 Å². The third-order valence-corrected chi connectivity index (χ3v) is 5.20. The Hall–Kier alpha value is -0.120. The molecule has 2 aliphatic rings. The molecule has 3 N–H and O–H groups in total. The van der Waals surface area contributed by atoms with Crippen molar-refractivity contribution in [1.29, 1.82) is 0 Å². The fourth-order valence-electron chi connectivity index (χ4n) is 3.63. The van der Waals surface area contributed by atoms with Gasteiger partial charge in [-0.05, 0) is 32.6 Å². The van der Waals surface area contributed by atoms with Crippen LogP contribution >= 0.6 is 24.0 Å². The van der Waals surface area contributed by atoms with Crippen LogP contribution in [-0.4, -0.2) is 74.0 Å². The molecule has 0 amide bonds. The standard InChI is InChI=1S/C18H36N4O2.HI/c1-3-19-17(20-15-18(23)9-5-4-6-10-18)21-16-7-11-22(12-8-16)13-14-24-2;/h16,23H,3-15H2,1-2H3,(H2,19,20,21);1H. The Kier molecular flexibility index (Phi) is 11.3. The molecule has 0 atom stereocenters. The maximum atomic E-state index is 10.6. The van der Waals surface area contributed by atoms with Gasteiger partial charge in [-0.25, -0.2) is 0 Å². The molecule has 0 aromatic heterocycles. The van der Waals surface area contributed by atoms with Crippen LogP contribution in [0.2, 0.25) is 0 Å². The Morgan fingerprint density at radius 3 is 2.52 bits per heavy atom. The molecule has 2 rings (SSSR count). The summed E-state index contributed by atoms with van der Waals surface area (Å²) in [7, 11) is 1.76. The zero-order chi connectivity index (χ0) is 17.3. The summed E-state index contributed by atoms with van der Waals surface area (Å²) in [6, 6.07) is 0.461. The van der Waals surface area contributed by atoms with Gasteiger partial charge in [0.25, 0.3) is 0 Å². The summed E-state index contributed by atoms with van der Waals surface area (Å²) in [4.78, 5) is 7.14. The SMILES string of the molecule is CCNC(=NCC1(O)CCCCC1)NC1CCN(CCOC)CC1.I. The van der Waals surface area contributed by atoms with Crippen LogP contribution in [0.15, 0.2) is 4.99 Å². The monoisotopic (exact) mass is 468 g/mol. The first-order chi connectivity index (χ1) is 11.6. The lowest BCUT2D eigenvalue weighted by molar-refractivity contribution is 0.0131. The number of rotatable bonds is 7. The number of halogens is 1. The predicted octanol–water partition coefficient (Wildman–Crippen LogP) is 1.97. The maximum Gasteiger partial charge on any atom is 0.191 e. The van der Waals surface area contributed by atoms with E-state index in [4.69, 9.17) is 4.74 Å². The molecular weight excluding hydrogens is 431 g/mol. The van der Waals surface area contributed by atoms with Gasteiger partial charge in [0.15, 0.2) is 5.96 Å². The predicted molar refractivity (Wildman–Crippen MR) is 114 cm³/mol. The van der Waals surface area contributed by atoms with E-state index in [2.05, 4.69) is 27.4 Å². The van der Waals surface area contributed by atoms with Crippen LogP contribution in [0.25, 0.3) is 0 Å². The van der Waals surface area contributed by atoms with E-state index in [1.165, 1.54) is 6.42 Å². The molecule has 2 fully saturated rings. The number of nitrogens with one attached hydrogen (secondary N) is 2. The number of hydrogen-bond acceptors (Lipinski definition) is 4. The van der Waals surface area contributed by atoms with Gasteiger partial charge in [0.05, 0.1) is 18.8 Å². The molecule has 0 aromatic carbocycles. The fraction of sp³-hybridized carbons (Fsp3) is 0.944. The highest BCUT2D eigenvalue weighted by Crippen LogP contribution is 2.28. The van der Waals surface area contributed by atoms with E-state index < -0.39 is 5.60 Å². The van der Waals surface area contributed by atoms with E-state index in [-0.39, 0.29) is 24.0 Å². The number of aliphatic hydroxyl groups is 1. The van der Waals surface area contributed by atoms with Crippen LogP contribution < -0.4 is 10.6 Å². The quantitative estimate of drug-likeness (QED) is 0.303. The summed E-state index contributed by atoms with van der Waals surface area (Å²) in [5.41, 5.74) is -0.593. The molecule has 1 aliphatic carbocycles. The molecule has 0 aromatic rings. The lowest BCUT2D eigenvalue weighted by atomic mass is 9.85. The Balaban J connectivity index is 0.00000312. The molecule has 1 saturated carbocycles. The first-order valence-corrected chi connectivity index (χ1v) is 9.64. The van der Waals surface area contributed by atoms with E-state index in [0.717, 1.165) is 77.3 Å². The third kappa shape index (κ3) is 8.41. The van der Waals surface area contributed by atoms with Crippen LogP contribution in [0.4, 0.5) is 0 Å². The number of guanidine groups is 1. The van der Waals surface area contributed by atoms with Crippen molar-refractivity contribution in [3.05, 3.63) is 0 Å². The van der Waals surface area contributed by atoms with Crippen LogP contribution in [0, 0.1) is 0 Å². The summed E-state index contributed by atoms with van der Waals surface area (Å²) in [5, 5.41) is 17.5. The van der Waals surface area contributed by atoms with Gasteiger partial charge in [0, 0.05) is 39.3 Å². The number of ether oxygens (including phenoxy) is 1. The summed E-state index contributed by atoms with van der Waals surface area (Å²) < 4.78 is 5.16. The zero-order valence-electron chi connectivity index (χ0n) is 15.9. The molecule has 0 unspecified atom stereocenters. The molecule has 0 bridgehead atoms. The first kappa shape index (κ1) is 22.9. The van der Waals surface area contributed by atoms with Crippen molar-refractivity contribution in [2.24, 2.45) is 4.99 Å². The number of nitrogens with zero attached hydrogens (tertiary/aromatic N) is 2. The molecule has 0 spiro atoms. The minimum atomic E-state index is -0.593. The molecule has 1 heterocycles. The van der Waals surface area contributed by atoms with Crippen molar-refractivity contribution in [2.75, 3.05) is 46.4 Å². The van der Waals surface area contributed by atoms with Gasteiger partial charge >= 0.3 is 0 Å². The Labute approximate surface area is 170 Å². The molecule has 1 aliphatic heterocycles. The number of likely N-dealkylation sites (tertiary alicyclic amines) is 1. The summed E-state index contributed by atoms with van der Waals surface area (Å²) >= 11 is 0. The smallest absolute Gasteiger partial charge is 0.191 e. The van der Waals surface area contributed by atoms with E-state index in [9.17, 15) is 5.11 Å². The van der Waals surface area contributed by atoms with Crippen molar-refractivity contribution >= 4 is 29.9 Å². The minimum absolute atomic E-state index is 0. The fourth-order valence-corrected chi connectivity index (χ4v) is 3.63. The molecule has 148 valence electrons. The molecule has 25 heavy (non-hydrogen) atoms. The molecule has 1 saturated heterocycles. The van der Waals surface area contributed by atoms with Gasteiger partial charge in [-0.3, -0.25) is 4.99 Å². The van der Waals surface area contributed by atoms with Crippen LogP contribution in [0.3, 0.4) is 0 Å². The van der Waals surface area contributed by atoms with Crippen molar-refractivity contribution in [2.45, 2.75) is 63.5 Å². The minimum Gasteiger partial charge on any atom is -0.388 e. The van der Waals surface area contributed by atoms with Gasteiger partial charge in [-0.15, -0.1) is 24.0 Å². The summed E-state index contributed by atoms with van der Waals surface area (Å²) in [5.74, 6) is 0.854. The number of aliphatic imine (C=N–C) groups is 1. The number of methoxy groups -OCH3 is 1. The molecule has 7 heteroatoms. The Bertz CT molecular complexity index is 381. The van der Waals surface area contributed by atoms with E-state index in [0.29, 0.717) is 12.6 Å². The normalized spacial score (nSPS) is 22.3. The number of piperidine rings is 1. The van der Waals surface area contributed by atoms with E-state index in [1.54, 1.807) is 7.11 Å². The highest BCUT2D eigenvalue weighted by atomic mass is 127. The topological polar surface area (TPSA) is 69.1 Å². The lowest BCUT2D eigenvalue weighted by Gasteiger charge is -2.33. The van der Waals surface area contributed by atoms with E-state index >= 15 is 0 Å². The lowest BCUT2D eigenvalue weighted by Crippen LogP contribution is -2.49. The van der Waals surface area contributed by atoms with E-state index in [1.807, 2.05) is 0 Å². The first-order valence-electron chi connectivity index (χ1n) is 9.64. The summed E-state index contributed by atoms with van der Waals surface area (Å²) in [6.45, 7) is 7.46. The van der Waals surface area contributed by atoms with Gasteiger partial charge in [0.2, 0.25) is 0 Å². The van der Waals surface area contributed by atoms with Crippen LogP contribution in [0.5, 0.6) is 0 Å².